The Morgan fingerprint density at radius 2 is 2.06 bits per heavy atom. The zero-order valence-electron chi connectivity index (χ0n) is 9.96. The molecule has 0 bridgehead atoms. The van der Waals surface area contributed by atoms with Crippen molar-refractivity contribution < 1.29 is 4.74 Å². The fourth-order valence-electron chi connectivity index (χ4n) is 1.37. The first-order chi connectivity index (χ1) is 8.81. The van der Waals surface area contributed by atoms with Crippen LogP contribution >= 0.6 is 11.8 Å². The molecule has 94 valence electrons. The molecule has 6 heteroatoms. The van der Waals surface area contributed by atoms with Gasteiger partial charge in [-0.25, -0.2) is 10.8 Å². The molecule has 1 aromatic carbocycles. The molecule has 0 aliphatic carbocycles. The highest BCUT2D eigenvalue weighted by Crippen LogP contribution is 2.19. The van der Waals surface area contributed by atoms with E-state index in [0.29, 0.717) is 23.5 Å². The molecule has 1 heterocycles. The SMILES string of the molecule is CSc1nc(NN)cc(OCc2ccccc2)n1. The molecule has 0 saturated heterocycles. The second-order valence-corrected chi connectivity index (χ2v) is 4.27. The number of nitrogen functional groups attached to an aromatic ring is 1. The van der Waals surface area contributed by atoms with Crippen molar-refractivity contribution in [2.75, 3.05) is 11.7 Å². The number of ether oxygens (including phenoxy) is 1. The lowest BCUT2D eigenvalue weighted by molar-refractivity contribution is 0.291. The maximum atomic E-state index is 5.62. The van der Waals surface area contributed by atoms with Gasteiger partial charge in [0.25, 0.3) is 0 Å². The van der Waals surface area contributed by atoms with Crippen LogP contribution in [0.4, 0.5) is 5.82 Å². The number of aromatic nitrogens is 2. The largest absolute Gasteiger partial charge is 0.473 e. The first-order valence-corrected chi connectivity index (χ1v) is 6.60. The van der Waals surface area contributed by atoms with Crippen LogP contribution in [0, 0.1) is 0 Å². The molecule has 1 aromatic heterocycles. The number of nitrogens with one attached hydrogen (secondary N) is 1. The quantitative estimate of drug-likeness (QED) is 0.372. The average Bonchev–Trinajstić information content (AvgIpc) is 2.45. The molecule has 0 aliphatic heterocycles. The second kappa shape index (κ2) is 6.23. The van der Waals surface area contributed by atoms with Crippen molar-refractivity contribution in [3.8, 4) is 5.88 Å². The number of hydrogen-bond acceptors (Lipinski definition) is 6. The van der Waals surface area contributed by atoms with E-state index in [1.807, 2.05) is 36.6 Å². The Hall–Kier alpha value is -1.79. The van der Waals surface area contributed by atoms with Crippen LogP contribution in [0.25, 0.3) is 0 Å². The summed E-state index contributed by atoms with van der Waals surface area (Å²) in [6.45, 7) is 0.468. The summed E-state index contributed by atoms with van der Waals surface area (Å²) in [7, 11) is 0. The fraction of sp³-hybridized carbons (Fsp3) is 0.167. The third-order valence-corrected chi connectivity index (χ3v) is 2.79. The van der Waals surface area contributed by atoms with Gasteiger partial charge in [0, 0.05) is 6.07 Å². The number of nitrogens with zero attached hydrogens (tertiary/aromatic N) is 2. The Balaban J connectivity index is 2.09. The number of hydrogen-bond donors (Lipinski definition) is 2. The summed E-state index contributed by atoms with van der Waals surface area (Å²) < 4.78 is 5.62. The molecule has 0 aliphatic rings. The number of nitrogens with two attached hydrogens (primary N) is 1. The van der Waals surface area contributed by atoms with Crippen molar-refractivity contribution in [1.29, 1.82) is 0 Å². The van der Waals surface area contributed by atoms with Gasteiger partial charge in [0.1, 0.15) is 12.4 Å². The number of thioether (sulfide) groups is 1. The molecule has 0 saturated carbocycles. The summed E-state index contributed by atoms with van der Waals surface area (Å²) in [5, 5.41) is 0.619. The Morgan fingerprint density at radius 3 is 2.72 bits per heavy atom. The lowest BCUT2D eigenvalue weighted by Gasteiger charge is -2.08. The summed E-state index contributed by atoms with van der Waals surface area (Å²) >= 11 is 1.44. The van der Waals surface area contributed by atoms with Crippen molar-refractivity contribution in [2.24, 2.45) is 5.84 Å². The fourth-order valence-corrected chi connectivity index (χ4v) is 1.75. The molecule has 3 N–H and O–H groups in total. The molecule has 0 unspecified atom stereocenters. The highest BCUT2D eigenvalue weighted by molar-refractivity contribution is 7.98. The average molecular weight is 262 g/mol. The lowest BCUT2D eigenvalue weighted by atomic mass is 10.2. The highest BCUT2D eigenvalue weighted by atomic mass is 32.2. The molecule has 0 atom stereocenters. The monoisotopic (exact) mass is 262 g/mol. The van der Waals surface area contributed by atoms with Crippen molar-refractivity contribution in [3.63, 3.8) is 0 Å². The van der Waals surface area contributed by atoms with Gasteiger partial charge >= 0.3 is 0 Å². The Labute approximate surface area is 110 Å². The van der Waals surface area contributed by atoms with Crippen LogP contribution in [0.3, 0.4) is 0 Å². The molecular weight excluding hydrogens is 248 g/mol. The van der Waals surface area contributed by atoms with E-state index in [0.717, 1.165) is 5.56 Å². The van der Waals surface area contributed by atoms with E-state index in [2.05, 4.69) is 15.4 Å². The van der Waals surface area contributed by atoms with Crippen molar-refractivity contribution in [3.05, 3.63) is 42.0 Å². The normalized spacial score (nSPS) is 10.1. The van der Waals surface area contributed by atoms with Crippen molar-refractivity contribution >= 4 is 17.6 Å². The number of rotatable bonds is 5. The molecule has 5 nitrogen and oxygen atoms in total. The van der Waals surface area contributed by atoms with E-state index in [-0.39, 0.29) is 0 Å². The second-order valence-electron chi connectivity index (χ2n) is 3.50. The highest BCUT2D eigenvalue weighted by Gasteiger charge is 2.04. The van der Waals surface area contributed by atoms with Crippen LogP contribution in [-0.4, -0.2) is 16.2 Å². The number of benzene rings is 1. The summed E-state index contributed by atoms with van der Waals surface area (Å²) in [4.78, 5) is 8.41. The minimum Gasteiger partial charge on any atom is -0.473 e. The van der Waals surface area contributed by atoms with E-state index in [1.54, 1.807) is 6.07 Å². The van der Waals surface area contributed by atoms with Crippen LogP contribution in [-0.2, 0) is 6.61 Å². The van der Waals surface area contributed by atoms with Gasteiger partial charge in [0.2, 0.25) is 5.88 Å². The van der Waals surface area contributed by atoms with Gasteiger partial charge in [0.15, 0.2) is 5.16 Å². The maximum Gasteiger partial charge on any atom is 0.219 e. The first kappa shape index (κ1) is 12.7. The van der Waals surface area contributed by atoms with Crippen LogP contribution in [0.5, 0.6) is 5.88 Å². The summed E-state index contributed by atoms with van der Waals surface area (Å²) in [5.41, 5.74) is 3.58. The Morgan fingerprint density at radius 1 is 1.28 bits per heavy atom. The Kier molecular flexibility index (Phi) is 4.38. The van der Waals surface area contributed by atoms with Gasteiger partial charge in [0.05, 0.1) is 0 Å². The van der Waals surface area contributed by atoms with Crippen molar-refractivity contribution in [2.45, 2.75) is 11.8 Å². The van der Waals surface area contributed by atoms with Crippen LogP contribution in [0.15, 0.2) is 41.6 Å². The van der Waals surface area contributed by atoms with Gasteiger partial charge in [-0.3, -0.25) is 0 Å². The molecule has 2 aromatic rings. The van der Waals surface area contributed by atoms with Crippen LogP contribution < -0.4 is 16.0 Å². The first-order valence-electron chi connectivity index (χ1n) is 5.38. The van der Waals surface area contributed by atoms with Gasteiger partial charge in [-0.05, 0) is 11.8 Å². The van der Waals surface area contributed by atoms with Crippen LogP contribution in [0.1, 0.15) is 5.56 Å². The standard InChI is InChI=1S/C12H14N4OS/c1-18-12-14-10(16-13)7-11(15-12)17-8-9-5-3-2-4-6-9/h2-7H,8,13H2,1H3,(H,14,15,16). The van der Waals surface area contributed by atoms with E-state index in [1.165, 1.54) is 11.8 Å². The van der Waals surface area contributed by atoms with E-state index in [4.69, 9.17) is 10.6 Å². The lowest BCUT2D eigenvalue weighted by Crippen LogP contribution is -2.10. The molecule has 2 rings (SSSR count). The number of hydrazine groups is 1. The van der Waals surface area contributed by atoms with Crippen molar-refractivity contribution in [1.82, 2.24) is 9.97 Å². The topological polar surface area (TPSA) is 73.1 Å². The molecular formula is C12H14N4OS. The van der Waals surface area contributed by atoms with E-state index >= 15 is 0 Å². The molecule has 0 spiro atoms. The number of anilines is 1. The molecule has 18 heavy (non-hydrogen) atoms. The Bertz CT molecular complexity index is 484. The summed E-state index contributed by atoms with van der Waals surface area (Å²) in [6.07, 6.45) is 1.90. The van der Waals surface area contributed by atoms with Crippen LogP contribution in [0.2, 0.25) is 0 Å². The van der Waals surface area contributed by atoms with E-state index < -0.39 is 0 Å². The zero-order chi connectivity index (χ0) is 12.8. The third-order valence-electron chi connectivity index (χ3n) is 2.24. The van der Waals surface area contributed by atoms with E-state index in [9.17, 15) is 0 Å². The summed E-state index contributed by atoms with van der Waals surface area (Å²) in [6, 6.07) is 11.6. The summed E-state index contributed by atoms with van der Waals surface area (Å²) in [5.74, 6) is 6.39. The predicted octanol–water partition coefficient (Wildman–Crippen LogP) is 2.06. The minimum atomic E-state index is 0.468. The maximum absolute atomic E-state index is 5.62. The van der Waals surface area contributed by atoms with Gasteiger partial charge in [-0.2, -0.15) is 4.98 Å². The minimum absolute atomic E-state index is 0.468. The molecule has 0 fully saturated rings. The zero-order valence-corrected chi connectivity index (χ0v) is 10.8. The van der Waals surface area contributed by atoms with Gasteiger partial charge in [-0.1, -0.05) is 42.1 Å². The van der Waals surface area contributed by atoms with Gasteiger partial charge in [-0.15, -0.1) is 0 Å². The molecule has 0 amide bonds. The predicted molar refractivity (Wildman–Crippen MR) is 72.4 cm³/mol. The third kappa shape index (κ3) is 3.35. The smallest absolute Gasteiger partial charge is 0.219 e. The molecule has 0 radical (unpaired) electrons. The van der Waals surface area contributed by atoms with Gasteiger partial charge < -0.3 is 10.2 Å².